The van der Waals surface area contributed by atoms with Crippen LogP contribution in [0.1, 0.15) is 69.3 Å². The summed E-state index contributed by atoms with van der Waals surface area (Å²) in [5.41, 5.74) is 7.56. The Morgan fingerprint density at radius 1 is 0.745 bits per heavy atom. The van der Waals surface area contributed by atoms with Gasteiger partial charge in [-0.25, -0.2) is 0 Å². The van der Waals surface area contributed by atoms with Crippen LogP contribution < -0.4 is 4.90 Å². The van der Waals surface area contributed by atoms with Crippen LogP contribution in [-0.2, 0) is 38.9 Å². The van der Waals surface area contributed by atoms with Gasteiger partial charge in [0.25, 0.3) is 5.91 Å². The molecule has 0 aliphatic heterocycles. The maximum Gasteiger partial charge on any atom is 0.329 e. The third-order valence-electron chi connectivity index (χ3n) is 9.62. The Kier molecular flexibility index (Phi) is 10.8. The highest BCUT2D eigenvalue weighted by atomic mass is 16.7. The maximum atomic E-state index is 12.6. The fourth-order valence-corrected chi connectivity index (χ4v) is 7.17. The molecule has 51 heavy (non-hydrogen) atoms. The van der Waals surface area contributed by atoms with Crippen LogP contribution in [0.15, 0.2) is 103 Å². The van der Waals surface area contributed by atoms with Crippen LogP contribution in [0.2, 0.25) is 0 Å². The molecule has 0 aliphatic carbocycles. The Hall–Kier alpha value is -5.47. The number of rotatable bonds is 13. The lowest BCUT2D eigenvalue weighted by atomic mass is 9.96. The van der Waals surface area contributed by atoms with E-state index in [1.54, 1.807) is 0 Å². The molecule has 5 aromatic carbocycles. The van der Waals surface area contributed by atoms with Crippen molar-refractivity contribution >= 4 is 55.9 Å². The molecule has 0 radical (unpaired) electrons. The second-order valence-corrected chi connectivity index (χ2v) is 12.8. The molecule has 0 saturated carbocycles. The van der Waals surface area contributed by atoms with Crippen LogP contribution in [0.3, 0.4) is 0 Å². The zero-order chi connectivity index (χ0) is 36.1. The number of carbonyl (C=O) groups excluding carboxylic acids is 2. The number of fused-ring (bicyclic) bond motifs is 4. The predicted molar refractivity (Wildman–Crippen MR) is 206 cm³/mol. The molecule has 8 heteroatoms. The highest BCUT2D eigenvalue weighted by Crippen LogP contribution is 2.34. The van der Waals surface area contributed by atoms with Crippen molar-refractivity contribution in [3.05, 3.63) is 125 Å². The van der Waals surface area contributed by atoms with E-state index in [2.05, 4.69) is 97.0 Å². The number of benzene rings is 5. The van der Waals surface area contributed by atoms with Gasteiger partial charge in [0.15, 0.2) is 0 Å². The summed E-state index contributed by atoms with van der Waals surface area (Å²) >= 11 is 0. The molecule has 0 aliphatic rings. The van der Waals surface area contributed by atoms with E-state index >= 15 is 0 Å². The van der Waals surface area contributed by atoms with Gasteiger partial charge in [-0.05, 0) is 78.7 Å². The SMILES string of the molecule is CCN(CC)c1ccc(COCc2ccc3c(c2)c2cc(C(=N)CC(c4ccccc4)N(OC(C)=O)C(C)=O)ccc2n3CC)c2ccccc12. The van der Waals surface area contributed by atoms with E-state index in [0.29, 0.717) is 18.9 Å². The summed E-state index contributed by atoms with van der Waals surface area (Å²) < 4.78 is 8.64. The van der Waals surface area contributed by atoms with Gasteiger partial charge in [-0.2, -0.15) is 5.06 Å². The molecule has 1 heterocycles. The lowest BCUT2D eigenvalue weighted by Crippen LogP contribution is -2.36. The number of carbonyl (C=O) groups is 2. The van der Waals surface area contributed by atoms with Gasteiger partial charge < -0.3 is 24.5 Å². The predicted octanol–water partition coefficient (Wildman–Crippen LogP) is 9.36. The van der Waals surface area contributed by atoms with Gasteiger partial charge in [-0.1, -0.05) is 72.8 Å². The topological polar surface area (TPSA) is 87.9 Å². The second-order valence-electron chi connectivity index (χ2n) is 12.8. The molecular weight excluding hydrogens is 636 g/mol. The van der Waals surface area contributed by atoms with Crippen LogP contribution >= 0.6 is 0 Å². The molecule has 1 aromatic heterocycles. The molecule has 1 atom stereocenters. The first-order valence-corrected chi connectivity index (χ1v) is 17.7. The van der Waals surface area contributed by atoms with Gasteiger partial charge in [-0.15, -0.1) is 0 Å². The summed E-state index contributed by atoms with van der Waals surface area (Å²) in [6, 6.07) is 34.3. The lowest BCUT2D eigenvalue weighted by molar-refractivity contribution is -0.204. The van der Waals surface area contributed by atoms with E-state index in [9.17, 15) is 15.0 Å². The summed E-state index contributed by atoms with van der Waals surface area (Å²) in [6.07, 6.45) is 0.165. The highest BCUT2D eigenvalue weighted by Gasteiger charge is 2.28. The fraction of sp³-hybridized carbons (Fsp3) is 0.279. The Morgan fingerprint density at radius 3 is 2.08 bits per heavy atom. The third-order valence-corrected chi connectivity index (χ3v) is 9.62. The summed E-state index contributed by atoms with van der Waals surface area (Å²) in [4.78, 5) is 32.3. The Labute approximate surface area is 299 Å². The highest BCUT2D eigenvalue weighted by molar-refractivity contribution is 6.11. The van der Waals surface area contributed by atoms with Crippen molar-refractivity contribution in [2.75, 3.05) is 18.0 Å². The Morgan fingerprint density at radius 2 is 1.41 bits per heavy atom. The van der Waals surface area contributed by atoms with Gasteiger partial charge in [0.2, 0.25) is 0 Å². The number of nitrogens with zero attached hydrogens (tertiary/aromatic N) is 3. The molecule has 1 amide bonds. The quantitative estimate of drug-likeness (QED) is 0.0969. The normalized spacial score (nSPS) is 11.9. The number of nitrogens with one attached hydrogen (secondary N) is 1. The molecule has 0 spiro atoms. The minimum Gasteiger partial charge on any atom is -0.372 e. The fourth-order valence-electron chi connectivity index (χ4n) is 7.17. The smallest absolute Gasteiger partial charge is 0.329 e. The maximum absolute atomic E-state index is 12.6. The summed E-state index contributed by atoms with van der Waals surface area (Å²) in [5.74, 6) is -0.999. The van der Waals surface area contributed by atoms with Crippen molar-refractivity contribution in [2.45, 2.75) is 66.8 Å². The van der Waals surface area contributed by atoms with Gasteiger partial charge in [0.05, 0.1) is 13.2 Å². The van der Waals surface area contributed by atoms with Gasteiger partial charge >= 0.3 is 5.97 Å². The number of aromatic nitrogens is 1. The number of aryl methyl sites for hydroxylation is 1. The molecule has 0 saturated heterocycles. The average Bonchev–Trinajstić information content (AvgIpc) is 3.46. The van der Waals surface area contributed by atoms with Crippen LogP contribution in [-0.4, -0.2) is 40.3 Å². The summed E-state index contributed by atoms with van der Waals surface area (Å²) in [6.45, 7) is 12.8. The number of amides is 1. The van der Waals surface area contributed by atoms with Crippen molar-refractivity contribution < 1.29 is 19.2 Å². The number of anilines is 1. The zero-order valence-corrected chi connectivity index (χ0v) is 30.1. The third kappa shape index (κ3) is 7.37. The number of hydroxylamine groups is 2. The molecular formula is C43H46N4O4. The minimum absolute atomic E-state index is 0.165. The number of hydrogen-bond acceptors (Lipinski definition) is 6. The van der Waals surface area contributed by atoms with E-state index in [1.165, 1.54) is 35.9 Å². The van der Waals surface area contributed by atoms with E-state index in [4.69, 9.17) is 9.57 Å². The van der Waals surface area contributed by atoms with Crippen LogP contribution in [0.25, 0.3) is 32.6 Å². The van der Waals surface area contributed by atoms with E-state index in [-0.39, 0.29) is 6.42 Å². The van der Waals surface area contributed by atoms with Crippen molar-refractivity contribution in [1.82, 2.24) is 9.63 Å². The molecule has 1 N–H and O–H groups in total. The van der Waals surface area contributed by atoms with Gasteiger partial charge in [0, 0.05) is 78.5 Å². The summed E-state index contributed by atoms with van der Waals surface area (Å²) in [7, 11) is 0. The first kappa shape index (κ1) is 35.4. The molecule has 0 bridgehead atoms. The number of ether oxygens (including phenoxy) is 1. The minimum atomic E-state index is -0.651. The average molecular weight is 683 g/mol. The van der Waals surface area contributed by atoms with Gasteiger partial charge in [0.1, 0.15) is 6.04 Å². The first-order valence-electron chi connectivity index (χ1n) is 17.7. The second kappa shape index (κ2) is 15.6. The first-order chi connectivity index (χ1) is 24.7. The molecule has 0 fully saturated rings. The molecule has 8 nitrogen and oxygen atoms in total. The van der Waals surface area contributed by atoms with Crippen molar-refractivity contribution in [1.29, 1.82) is 5.41 Å². The van der Waals surface area contributed by atoms with E-state index in [0.717, 1.165) is 63.2 Å². The molecule has 6 aromatic rings. The van der Waals surface area contributed by atoms with E-state index in [1.807, 2.05) is 36.4 Å². The standard InChI is InChI=1S/C43H46N4O4/c1-6-45(7-2)40-22-20-34(35-16-12-13-17-36(35)40)28-50-27-31-18-21-41-37(24-31)38-25-33(19-23-42(38)46(41)8-3)39(44)26-43(32-14-10-9-11-15-32)47(29(4)48)51-30(5)49/h9-25,43-44H,6-8,26-28H2,1-5H3. The molecule has 262 valence electrons. The molecule has 1 unspecified atom stereocenters. The zero-order valence-electron chi connectivity index (χ0n) is 30.1. The van der Waals surface area contributed by atoms with Crippen molar-refractivity contribution in [2.24, 2.45) is 0 Å². The summed E-state index contributed by atoms with van der Waals surface area (Å²) in [5, 5.41) is 14.9. The molecule has 6 rings (SSSR count). The largest absolute Gasteiger partial charge is 0.372 e. The van der Waals surface area contributed by atoms with Crippen LogP contribution in [0.4, 0.5) is 5.69 Å². The Balaban J connectivity index is 1.27. The lowest BCUT2D eigenvalue weighted by Gasteiger charge is -2.29. The van der Waals surface area contributed by atoms with Gasteiger partial charge in [-0.3, -0.25) is 9.59 Å². The van der Waals surface area contributed by atoms with Crippen molar-refractivity contribution in [3.63, 3.8) is 0 Å². The monoisotopic (exact) mass is 682 g/mol. The van der Waals surface area contributed by atoms with Crippen molar-refractivity contribution in [3.8, 4) is 0 Å². The number of hydrogen-bond donors (Lipinski definition) is 1. The Bertz CT molecular complexity index is 2200. The van der Waals surface area contributed by atoms with E-state index < -0.39 is 17.9 Å². The van der Waals surface area contributed by atoms with Crippen LogP contribution in [0.5, 0.6) is 0 Å². The van der Waals surface area contributed by atoms with Crippen LogP contribution in [0, 0.1) is 5.41 Å².